The standard InChI is InChI=1S/C13H23NO/c1-5-9-10(6-2)12(8-4)15-13(14)11(9)7-3/h13H,5-8,14H2,1-4H3. The molecule has 0 spiro atoms. The van der Waals surface area contributed by atoms with Crippen LogP contribution >= 0.6 is 0 Å². The number of hydrogen-bond donors (Lipinski definition) is 1. The van der Waals surface area contributed by atoms with E-state index in [4.69, 9.17) is 10.5 Å². The van der Waals surface area contributed by atoms with Gasteiger partial charge in [-0.2, -0.15) is 0 Å². The van der Waals surface area contributed by atoms with E-state index in [0.29, 0.717) is 0 Å². The first-order valence-corrected chi connectivity index (χ1v) is 6.05. The Kier molecular flexibility index (Phi) is 4.40. The first-order valence-electron chi connectivity index (χ1n) is 6.05. The van der Waals surface area contributed by atoms with Gasteiger partial charge in [0.25, 0.3) is 0 Å². The highest BCUT2D eigenvalue weighted by molar-refractivity contribution is 5.41. The van der Waals surface area contributed by atoms with Crippen molar-refractivity contribution in [2.24, 2.45) is 5.73 Å². The molecule has 0 aromatic heterocycles. The Balaban J connectivity index is 3.19. The fraction of sp³-hybridized carbons (Fsp3) is 0.692. The lowest BCUT2D eigenvalue weighted by atomic mass is 9.90. The molecule has 1 heterocycles. The molecule has 2 heteroatoms. The Hall–Kier alpha value is -0.760. The fourth-order valence-corrected chi connectivity index (χ4v) is 2.39. The first-order chi connectivity index (χ1) is 7.19. The van der Waals surface area contributed by atoms with Crippen molar-refractivity contribution in [1.29, 1.82) is 0 Å². The summed E-state index contributed by atoms with van der Waals surface area (Å²) in [5.74, 6) is 1.10. The van der Waals surface area contributed by atoms with Crippen molar-refractivity contribution in [3.8, 4) is 0 Å². The summed E-state index contributed by atoms with van der Waals surface area (Å²) < 4.78 is 5.77. The lowest BCUT2D eigenvalue weighted by molar-refractivity contribution is 0.131. The van der Waals surface area contributed by atoms with Crippen LogP contribution in [0.15, 0.2) is 22.5 Å². The van der Waals surface area contributed by atoms with Crippen molar-refractivity contribution in [1.82, 2.24) is 0 Å². The van der Waals surface area contributed by atoms with Gasteiger partial charge in [-0.25, -0.2) is 0 Å². The van der Waals surface area contributed by atoms with E-state index in [0.717, 1.165) is 31.4 Å². The molecule has 1 rings (SSSR count). The molecule has 2 N–H and O–H groups in total. The van der Waals surface area contributed by atoms with Gasteiger partial charge < -0.3 is 4.74 Å². The van der Waals surface area contributed by atoms with Crippen molar-refractivity contribution in [3.05, 3.63) is 22.5 Å². The predicted molar refractivity (Wildman–Crippen MR) is 64.3 cm³/mol. The monoisotopic (exact) mass is 209 g/mol. The SMILES string of the molecule is CCC1=C(CC)C(CC)=C(CC)C(N)O1. The van der Waals surface area contributed by atoms with Crippen LogP contribution in [0.1, 0.15) is 53.4 Å². The molecule has 0 saturated carbocycles. The molecule has 86 valence electrons. The maximum Gasteiger partial charge on any atom is 0.170 e. The molecule has 1 unspecified atom stereocenters. The van der Waals surface area contributed by atoms with E-state index in [1.165, 1.54) is 16.7 Å². The van der Waals surface area contributed by atoms with Crippen LogP contribution in [0.5, 0.6) is 0 Å². The molecule has 0 amide bonds. The van der Waals surface area contributed by atoms with Crippen LogP contribution in [0.25, 0.3) is 0 Å². The minimum atomic E-state index is -0.213. The summed E-state index contributed by atoms with van der Waals surface area (Å²) in [5.41, 5.74) is 10.1. The third kappa shape index (κ3) is 2.25. The van der Waals surface area contributed by atoms with Crippen LogP contribution in [0.4, 0.5) is 0 Å². The summed E-state index contributed by atoms with van der Waals surface area (Å²) in [4.78, 5) is 0. The Morgan fingerprint density at radius 3 is 1.93 bits per heavy atom. The van der Waals surface area contributed by atoms with E-state index in [9.17, 15) is 0 Å². The quantitative estimate of drug-likeness (QED) is 0.769. The largest absolute Gasteiger partial charge is 0.476 e. The van der Waals surface area contributed by atoms with Crippen LogP contribution in [-0.4, -0.2) is 6.23 Å². The predicted octanol–water partition coefficient (Wildman–Crippen LogP) is 3.49. The molecular weight excluding hydrogens is 186 g/mol. The first kappa shape index (κ1) is 12.3. The van der Waals surface area contributed by atoms with E-state index in [1.54, 1.807) is 0 Å². The topological polar surface area (TPSA) is 35.2 Å². The van der Waals surface area contributed by atoms with Gasteiger partial charge in [-0.1, -0.05) is 27.7 Å². The van der Waals surface area contributed by atoms with Crippen LogP contribution in [0, 0.1) is 0 Å². The summed E-state index contributed by atoms with van der Waals surface area (Å²) in [7, 11) is 0. The molecule has 0 saturated heterocycles. The van der Waals surface area contributed by atoms with Gasteiger partial charge in [0.05, 0.1) is 0 Å². The van der Waals surface area contributed by atoms with Gasteiger partial charge in [-0.3, -0.25) is 5.73 Å². The highest BCUT2D eigenvalue weighted by atomic mass is 16.5. The molecule has 0 bridgehead atoms. The number of nitrogens with two attached hydrogens (primary N) is 1. The summed E-state index contributed by atoms with van der Waals surface area (Å²) in [6.45, 7) is 8.67. The van der Waals surface area contributed by atoms with Gasteiger partial charge in [-0.05, 0) is 36.0 Å². The molecule has 1 aliphatic heterocycles. The van der Waals surface area contributed by atoms with Gasteiger partial charge in [0.2, 0.25) is 0 Å². The molecule has 1 aliphatic rings. The lowest BCUT2D eigenvalue weighted by Crippen LogP contribution is -2.30. The van der Waals surface area contributed by atoms with Gasteiger partial charge in [0.15, 0.2) is 6.23 Å². The Labute approximate surface area is 93.2 Å². The average molecular weight is 209 g/mol. The molecule has 0 aromatic rings. The minimum Gasteiger partial charge on any atom is -0.476 e. The number of rotatable bonds is 4. The van der Waals surface area contributed by atoms with Crippen LogP contribution < -0.4 is 5.73 Å². The second kappa shape index (κ2) is 5.36. The van der Waals surface area contributed by atoms with Gasteiger partial charge in [0.1, 0.15) is 5.76 Å². The van der Waals surface area contributed by atoms with E-state index in [-0.39, 0.29) is 6.23 Å². The van der Waals surface area contributed by atoms with Crippen molar-refractivity contribution >= 4 is 0 Å². The summed E-state index contributed by atoms with van der Waals surface area (Å²) in [6, 6.07) is 0. The zero-order valence-corrected chi connectivity index (χ0v) is 10.4. The van der Waals surface area contributed by atoms with E-state index in [2.05, 4.69) is 27.7 Å². The van der Waals surface area contributed by atoms with Crippen molar-refractivity contribution < 1.29 is 4.74 Å². The molecular formula is C13H23NO. The molecule has 0 fully saturated rings. The van der Waals surface area contributed by atoms with E-state index >= 15 is 0 Å². The molecule has 0 aromatic carbocycles. The smallest absolute Gasteiger partial charge is 0.170 e. The number of allylic oxidation sites excluding steroid dienone is 3. The molecule has 1 atom stereocenters. The zero-order valence-electron chi connectivity index (χ0n) is 10.4. The summed E-state index contributed by atoms with van der Waals surface area (Å²) in [6.07, 6.45) is 3.83. The molecule has 2 nitrogen and oxygen atoms in total. The van der Waals surface area contributed by atoms with Crippen LogP contribution in [0.2, 0.25) is 0 Å². The fourth-order valence-electron chi connectivity index (χ4n) is 2.39. The van der Waals surface area contributed by atoms with Crippen molar-refractivity contribution in [2.45, 2.75) is 59.6 Å². The van der Waals surface area contributed by atoms with Crippen molar-refractivity contribution in [2.75, 3.05) is 0 Å². The maximum absolute atomic E-state index is 6.02. The number of hydrogen-bond acceptors (Lipinski definition) is 2. The van der Waals surface area contributed by atoms with Gasteiger partial charge >= 0.3 is 0 Å². The zero-order chi connectivity index (χ0) is 11.4. The van der Waals surface area contributed by atoms with E-state index < -0.39 is 0 Å². The summed E-state index contributed by atoms with van der Waals surface area (Å²) in [5, 5.41) is 0. The normalized spacial score (nSPS) is 22.1. The lowest BCUT2D eigenvalue weighted by Gasteiger charge is -2.30. The minimum absolute atomic E-state index is 0.213. The molecule has 0 radical (unpaired) electrons. The van der Waals surface area contributed by atoms with E-state index in [1.807, 2.05) is 0 Å². The van der Waals surface area contributed by atoms with Crippen LogP contribution in [0.3, 0.4) is 0 Å². The summed E-state index contributed by atoms with van der Waals surface area (Å²) >= 11 is 0. The van der Waals surface area contributed by atoms with Gasteiger partial charge in [-0.15, -0.1) is 0 Å². The van der Waals surface area contributed by atoms with Crippen molar-refractivity contribution in [3.63, 3.8) is 0 Å². The highest BCUT2D eigenvalue weighted by Gasteiger charge is 2.24. The average Bonchev–Trinajstić information content (AvgIpc) is 2.27. The maximum atomic E-state index is 6.02. The third-order valence-electron chi connectivity index (χ3n) is 3.11. The second-order valence-corrected chi connectivity index (χ2v) is 3.86. The molecule has 15 heavy (non-hydrogen) atoms. The Morgan fingerprint density at radius 1 is 0.933 bits per heavy atom. The van der Waals surface area contributed by atoms with Gasteiger partial charge in [0, 0.05) is 6.42 Å². The molecule has 0 aliphatic carbocycles. The second-order valence-electron chi connectivity index (χ2n) is 3.86. The highest BCUT2D eigenvalue weighted by Crippen LogP contribution is 2.34. The number of ether oxygens (including phenoxy) is 1. The Morgan fingerprint density at radius 2 is 1.53 bits per heavy atom. The third-order valence-corrected chi connectivity index (χ3v) is 3.11. The Bertz CT molecular complexity index is 289. The van der Waals surface area contributed by atoms with Crippen LogP contribution in [-0.2, 0) is 4.74 Å².